The summed E-state index contributed by atoms with van der Waals surface area (Å²) in [5, 5.41) is 2.65. The molecular formula is C9H16N2O2. The number of carbonyl (C=O) groups is 2. The van der Waals surface area contributed by atoms with Gasteiger partial charge in [0.25, 0.3) is 0 Å². The highest BCUT2D eigenvalue weighted by atomic mass is 16.2. The average Bonchev–Trinajstić information content (AvgIpc) is 2.44. The summed E-state index contributed by atoms with van der Waals surface area (Å²) in [6.07, 6.45) is 2.06. The predicted molar refractivity (Wildman–Crippen MR) is 49.5 cm³/mol. The first-order valence-electron chi connectivity index (χ1n) is 4.71. The molecule has 0 unspecified atom stereocenters. The van der Waals surface area contributed by atoms with Crippen molar-refractivity contribution >= 4 is 11.8 Å². The Balaban J connectivity index is 2.42. The van der Waals surface area contributed by atoms with Gasteiger partial charge < -0.3 is 10.2 Å². The molecule has 0 spiro atoms. The van der Waals surface area contributed by atoms with Crippen molar-refractivity contribution in [1.82, 2.24) is 10.2 Å². The number of Topliss-reactive ketones (excluding diaryl/α,β-unsaturated/α-hetero) is 1. The van der Waals surface area contributed by atoms with Crippen LogP contribution in [0.4, 0.5) is 4.79 Å². The molecule has 1 saturated heterocycles. The maximum absolute atomic E-state index is 11.3. The average molecular weight is 184 g/mol. The van der Waals surface area contributed by atoms with E-state index in [1.807, 2.05) is 0 Å². The molecule has 2 amide bonds. The molecule has 0 bridgehead atoms. The third kappa shape index (κ3) is 2.44. The summed E-state index contributed by atoms with van der Waals surface area (Å²) < 4.78 is 0. The molecule has 1 aliphatic heterocycles. The van der Waals surface area contributed by atoms with E-state index in [1.165, 1.54) is 6.92 Å². The Morgan fingerprint density at radius 3 is 2.85 bits per heavy atom. The lowest BCUT2D eigenvalue weighted by molar-refractivity contribution is -0.118. The van der Waals surface area contributed by atoms with Gasteiger partial charge in [0, 0.05) is 13.1 Å². The van der Waals surface area contributed by atoms with Crippen molar-refractivity contribution in [1.29, 1.82) is 0 Å². The second-order valence-corrected chi connectivity index (χ2v) is 3.41. The van der Waals surface area contributed by atoms with Gasteiger partial charge in [-0.2, -0.15) is 0 Å². The van der Waals surface area contributed by atoms with Gasteiger partial charge in [-0.05, 0) is 13.3 Å². The molecular weight excluding hydrogens is 168 g/mol. The lowest BCUT2D eigenvalue weighted by atomic mass is 10.2. The summed E-state index contributed by atoms with van der Waals surface area (Å²) in [5.41, 5.74) is 0. The quantitative estimate of drug-likeness (QED) is 0.701. The maximum Gasteiger partial charge on any atom is 0.318 e. The molecule has 1 rings (SSSR count). The number of nitrogens with zero attached hydrogens (tertiary/aromatic N) is 1. The van der Waals surface area contributed by atoms with E-state index in [1.54, 1.807) is 4.90 Å². The summed E-state index contributed by atoms with van der Waals surface area (Å²) in [7, 11) is 0. The fourth-order valence-electron chi connectivity index (χ4n) is 1.36. The van der Waals surface area contributed by atoms with Crippen LogP contribution < -0.4 is 5.32 Å². The number of rotatable bonds is 4. The lowest BCUT2D eigenvalue weighted by Gasteiger charge is -2.12. The van der Waals surface area contributed by atoms with Crippen molar-refractivity contribution in [3.8, 4) is 0 Å². The summed E-state index contributed by atoms with van der Waals surface area (Å²) in [6.45, 7) is 4.88. The summed E-state index contributed by atoms with van der Waals surface area (Å²) in [4.78, 5) is 23.9. The Morgan fingerprint density at radius 1 is 1.69 bits per heavy atom. The second-order valence-electron chi connectivity index (χ2n) is 3.41. The van der Waals surface area contributed by atoms with E-state index in [9.17, 15) is 9.59 Å². The van der Waals surface area contributed by atoms with Crippen molar-refractivity contribution in [2.24, 2.45) is 0 Å². The third-order valence-corrected chi connectivity index (χ3v) is 2.26. The van der Waals surface area contributed by atoms with Crippen LogP contribution in [0.15, 0.2) is 0 Å². The van der Waals surface area contributed by atoms with Gasteiger partial charge in [0.05, 0.1) is 0 Å². The Hall–Kier alpha value is -1.06. The standard InChI is InChI=1S/C9H16N2O2/c1-3-4-5-11-6-8(7(2)12)10-9(11)13/h8H,3-6H2,1-2H3,(H,10,13)/t8-/m0/s1. The van der Waals surface area contributed by atoms with Gasteiger partial charge in [0.15, 0.2) is 5.78 Å². The molecule has 1 atom stereocenters. The van der Waals surface area contributed by atoms with Gasteiger partial charge >= 0.3 is 6.03 Å². The van der Waals surface area contributed by atoms with E-state index >= 15 is 0 Å². The predicted octanol–water partition coefficient (Wildman–Crippen LogP) is 0.769. The minimum absolute atomic E-state index is 0.0346. The van der Waals surface area contributed by atoms with Gasteiger partial charge in [-0.1, -0.05) is 13.3 Å². The minimum atomic E-state index is -0.288. The molecule has 74 valence electrons. The summed E-state index contributed by atoms with van der Waals surface area (Å²) in [5.74, 6) is 0.0346. The molecule has 13 heavy (non-hydrogen) atoms. The number of amides is 2. The van der Waals surface area contributed by atoms with Crippen LogP contribution in [0.1, 0.15) is 26.7 Å². The monoisotopic (exact) mass is 184 g/mol. The van der Waals surface area contributed by atoms with Crippen LogP contribution >= 0.6 is 0 Å². The van der Waals surface area contributed by atoms with Crippen molar-refractivity contribution in [3.05, 3.63) is 0 Å². The fourth-order valence-corrected chi connectivity index (χ4v) is 1.36. The highest BCUT2D eigenvalue weighted by molar-refractivity contribution is 5.90. The molecule has 4 nitrogen and oxygen atoms in total. The van der Waals surface area contributed by atoms with E-state index in [-0.39, 0.29) is 17.9 Å². The zero-order chi connectivity index (χ0) is 9.84. The van der Waals surface area contributed by atoms with Crippen LogP contribution in [-0.4, -0.2) is 35.8 Å². The SMILES string of the molecule is CCCCN1C[C@@H](C(C)=O)NC1=O. The number of urea groups is 1. The van der Waals surface area contributed by atoms with Crippen molar-refractivity contribution in [3.63, 3.8) is 0 Å². The highest BCUT2D eigenvalue weighted by Gasteiger charge is 2.30. The van der Waals surface area contributed by atoms with E-state index in [0.717, 1.165) is 19.4 Å². The molecule has 1 heterocycles. The van der Waals surface area contributed by atoms with Crippen molar-refractivity contribution < 1.29 is 9.59 Å². The Bertz CT molecular complexity index is 216. The third-order valence-electron chi connectivity index (χ3n) is 2.26. The number of nitrogens with one attached hydrogen (secondary N) is 1. The molecule has 1 aliphatic rings. The number of hydrogen-bond donors (Lipinski definition) is 1. The number of hydrogen-bond acceptors (Lipinski definition) is 2. The van der Waals surface area contributed by atoms with Crippen LogP contribution in [0.25, 0.3) is 0 Å². The lowest BCUT2D eigenvalue weighted by Crippen LogP contribution is -2.32. The number of ketones is 1. The van der Waals surface area contributed by atoms with Crippen LogP contribution in [0.5, 0.6) is 0 Å². The Labute approximate surface area is 78.3 Å². The smallest absolute Gasteiger partial charge is 0.318 e. The van der Waals surface area contributed by atoms with Gasteiger partial charge in [0.2, 0.25) is 0 Å². The van der Waals surface area contributed by atoms with Crippen LogP contribution in [0, 0.1) is 0 Å². The van der Waals surface area contributed by atoms with E-state index in [4.69, 9.17) is 0 Å². The van der Waals surface area contributed by atoms with E-state index in [0.29, 0.717) is 6.54 Å². The maximum atomic E-state index is 11.3. The second kappa shape index (κ2) is 4.25. The molecule has 0 aromatic rings. The molecule has 1 fully saturated rings. The van der Waals surface area contributed by atoms with Gasteiger partial charge in [-0.3, -0.25) is 4.79 Å². The minimum Gasteiger partial charge on any atom is -0.326 e. The fraction of sp³-hybridized carbons (Fsp3) is 0.778. The zero-order valence-corrected chi connectivity index (χ0v) is 8.17. The van der Waals surface area contributed by atoms with Crippen molar-refractivity contribution in [2.75, 3.05) is 13.1 Å². The molecule has 0 aromatic carbocycles. The molecule has 4 heteroatoms. The van der Waals surface area contributed by atoms with Crippen LogP contribution in [0.2, 0.25) is 0 Å². The summed E-state index contributed by atoms with van der Waals surface area (Å²) >= 11 is 0. The van der Waals surface area contributed by atoms with Gasteiger partial charge in [0.1, 0.15) is 6.04 Å². The van der Waals surface area contributed by atoms with E-state index < -0.39 is 0 Å². The molecule has 0 saturated carbocycles. The Morgan fingerprint density at radius 2 is 2.38 bits per heavy atom. The van der Waals surface area contributed by atoms with Crippen LogP contribution in [0.3, 0.4) is 0 Å². The first-order valence-corrected chi connectivity index (χ1v) is 4.71. The summed E-state index contributed by atoms with van der Waals surface area (Å²) in [6, 6.07) is -0.391. The topological polar surface area (TPSA) is 49.4 Å². The molecule has 0 aromatic heterocycles. The largest absolute Gasteiger partial charge is 0.326 e. The number of unbranched alkanes of at least 4 members (excludes halogenated alkanes) is 1. The molecule has 0 aliphatic carbocycles. The highest BCUT2D eigenvalue weighted by Crippen LogP contribution is 2.06. The van der Waals surface area contributed by atoms with E-state index in [2.05, 4.69) is 12.2 Å². The first-order chi connectivity index (χ1) is 6.15. The van der Waals surface area contributed by atoms with Gasteiger partial charge in [-0.15, -0.1) is 0 Å². The Kier molecular flexibility index (Phi) is 3.28. The molecule has 1 N–H and O–H groups in total. The normalized spacial score (nSPS) is 21.8. The first kappa shape index (κ1) is 10.0. The zero-order valence-electron chi connectivity index (χ0n) is 8.17. The van der Waals surface area contributed by atoms with Gasteiger partial charge in [-0.25, -0.2) is 4.79 Å². The van der Waals surface area contributed by atoms with Crippen LogP contribution in [-0.2, 0) is 4.79 Å². The number of carbonyl (C=O) groups excluding carboxylic acids is 2. The molecule has 0 radical (unpaired) electrons. The van der Waals surface area contributed by atoms with Crippen molar-refractivity contribution in [2.45, 2.75) is 32.7 Å².